The third kappa shape index (κ3) is 5.00. The Kier molecular flexibility index (Phi) is 6.43. The quantitative estimate of drug-likeness (QED) is 0.698. The highest BCUT2D eigenvalue weighted by molar-refractivity contribution is 7.96. The second-order valence-electron chi connectivity index (χ2n) is 7.58. The summed E-state index contributed by atoms with van der Waals surface area (Å²) < 4.78 is 50.5. The van der Waals surface area contributed by atoms with Crippen molar-refractivity contribution < 1.29 is 16.8 Å². The largest absolute Gasteiger partial charge is 0.311 e. The van der Waals surface area contributed by atoms with Crippen LogP contribution in [0.15, 0.2) is 40.8 Å². The van der Waals surface area contributed by atoms with Gasteiger partial charge in [0.05, 0.1) is 21.7 Å². The molecule has 2 atom stereocenters. The Morgan fingerprint density at radius 2 is 1.85 bits per heavy atom. The smallest absolute Gasteiger partial charge is 0.183 e. The Labute approximate surface area is 163 Å². The first-order valence-electron chi connectivity index (χ1n) is 9.76. The van der Waals surface area contributed by atoms with Gasteiger partial charge in [-0.1, -0.05) is 30.7 Å². The van der Waals surface area contributed by atoms with E-state index in [-0.39, 0.29) is 16.4 Å². The average molecular weight is 412 g/mol. The lowest BCUT2D eigenvalue weighted by molar-refractivity contribution is 0.523. The van der Waals surface area contributed by atoms with Gasteiger partial charge in [-0.05, 0) is 62.8 Å². The molecule has 1 saturated heterocycles. The maximum Gasteiger partial charge on any atom is 0.183 e. The number of aryl methyl sites for hydroxylation is 1. The van der Waals surface area contributed by atoms with Gasteiger partial charge in [-0.15, -0.1) is 0 Å². The molecule has 150 valence electrons. The lowest BCUT2D eigenvalue weighted by Crippen LogP contribution is -2.43. The fraction of sp³-hybridized carbons (Fsp3) is 0.600. The normalized spacial score (nSPS) is 25.3. The predicted molar refractivity (Wildman–Crippen MR) is 108 cm³/mol. The Bertz CT molecular complexity index is 886. The Balaban J connectivity index is 1.73. The summed E-state index contributed by atoms with van der Waals surface area (Å²) in [5.74, 6) is -0.409. The van der Waals surface area contributed by atoms with Crippen molar-refractivity contribution in [1.29, 1.82) is 0 Å². The molecule has 1 fully saturated rings. The molecule has 1 heterocycles. The van der Waals surface area contributed by atoms with E-state index in [2.05, 4.69) is 11.4 Å². The standard InChI is InChI=1S/C20H29NO4S2/c1-2-16-8-10-18(11-9-16)27(24,25)20-15-26(22,23)14-19(20)21-13-12-17-6-4-3-5-7-17/h6,8-11,19-21H,2-5,7,12-15H2,1H3. The van der Waals surface area contributed by atoms with Gasteiger partial charge in [0, 0.05) is 6.04 Å². The molecular formula is C20H29NO4S2. The number of benzene rings is 1. The number of rotatable bonds is 7. The van der Waals surface area contributed by atoms with Gasteiger partial charge in [0.1, 0.15) is 0 Å². The lowest BCUT2D eigenvalue weighted by Gasteiger charge is -2.21. The summed E-state index contributed by atoms with van der Waals surface area (Å²) in [5, 5.41) is 2.31. The highest BCUT2D eigenvalue weighted by atomic mass is 32.2. The van der Waals surface area contributed by atoms with Crippen LogP contribution >= 0.6 is 0 Å². The molecule has 7 heteroatoms. The highest BCUT2D eigenvalue weighted by Crippen LogP contribution is 2.27. The second kappa shape index (κ2) is 8.45. The van der Waals surface area contributed by atoms with Gasteiger partial charge < -0.3 is 5.32 Å². The monoisotopic (exact) mass is 411 g/mol. The van der Waals surface area contributed by atoms with E-state index in [0.717, 1.165) is 31.2 Å². The van der Waals surface area contributed by atoms with Crippen molar-refractivity contribution in [3.8, 4) is 0 Å². The third-order valence-corrected chi connectivity index (χ3v) is 9.76. The van der Waals surface area contributed by atoms with E-state index < -0.39 is 31.0 Å². The molecule has 0 saturated carbocycles. The Hall–Kier alpha value is -1.18. The topological polar surface area (TPSA) is 80.3 Å². The van der Waals surface area contributed by atoms with Crippen LogP contribution in [0.4, 0.5) is 0 Å². The Morgan fingerprint density at radius 1 is 1.11 bits per heavy atom. The summed E-state index contributed by atoms with van der Waals surface area (Å²) in [4.78, 5) is 0.212. The van der Waals surface area contributed by atoms with Crippen LogP contribution in [0.2, 0.25) is 0 Å². The molecule has 0 amide bonds. The van der Waals surface area contributed by atoms with Crippen LogP contribution < -0.4 is 5.32 Å². The summed E-state index contributed by atoms with van der Waals surface area (Å²) in [6.07, 6.45) is 8.59. The number of nitrogens with one attached hydrogen (secondary N) is 1. The minimum Gasteiger partial charge on any atom is -0.311 e. The first kappa shape index (κ1) is 20.6. The molecule has 0 bridgehead atoms. The minimum atomic E-state index is -3.70. The molecule has 0 spiro atoms. The molecule has 1 aromatic carbocycles. The minimum absolute atomic E-state index is 0.108. The molecular weight excluding hydrogens is 382 g/mol. The van der Waals surface area contributed by atoms with Gasteiger partial charge in [-0.2, -0.15) is 0 Å². The van der Waals surface area contributed by atoms with Crippen molar-refractivity contribution in [2.45, 2.75) is 61.6 Å². The van der Waals surface area contributed by atoms with Crippen molar-refractivity contribution in [1.82, 2.24) is 5.32 Å². The van der Waals surface area contributed by atoms with Gasteiger partial charge in [0.2, 0.25) is 0 Å². The fourth-order valence-electron chi connectivity index (χ4n) is 3.95. The van der Waals surface area contributed by atoms with Crippen molar-refractivity contribution in [3.05, 3.63) is 41.5 Å². The number of hydrogen-bond acceptors (Lipinski definition) is 5. The zero-order valence-electron chi connectivity index (χ0n) is 15.9. The maximum absolute atomic E-state index is 13.1. The summed E-state index contributed by atoms with van der Waals surface area (Å²) in [5.41, 5.74) is 2.45. The van der Waals surface area contributed by atoms with Crippen LogP contribution in [0.1, 0.15) is 44.6 Å². The van der Waals surface area contributed by atoms with Crippen LogP contribution in [-0.2, 0) is 26.1 Å². The van der Waals surface area contributed by atoms with Gasteiger partial charge in [0.15, 0.2) is 19.7 Å². The molecule has 5 nitrogen and oxygen atoms in total. The summed E-state index contributed by atoms with van der Waals surface area (Å²) in [7, 11) is -7.06. The number of allylic oxidation sites excluding steroid dienone is 1. The van der Waals surface area contributed by atoms with Crippen molar-refractivity contribution in [2.75, 3.05) is 18.1 Å². The van der Waals surface area contributed by atoms with E-state index in [9.17, 15) is 16.8 Å². The van der Waals surface area contributed by atoms with Crippen LogP contribution in [-0.4, -0.2) is 46.2 Å². The first-order valence-corrected chi connectivity index (χ1v) is 13.1. The molecule has 1 N–H and O–H groups in total. The van der Waals surface area contributed by atoms with Gasteiger partial charge in [-0.3, -0.25) is 0 Å². The summed E-state index contributed by atoms with van der Waals surface area (Å²) in [6, 6.07) is 6.25. The maximum atomic E-state index is 13.1. The first-order chi connectivity index (χ1) is 12.8. The molecule has 0 radical (unpaired) electrons. The zero-order valence-corrected chi connectivity index (χ0v) is 17.5. The van der Waals surface area contributed by atoms with Crippen molar-refractivity contribution in [3.63, 3.8) is 0 Å². The van der Waals surface area contributed by atoms with Crippen LogP contribution in [0.25, 0.3) is 0 Å². The van der Waals surface area contributed by atoms with E-state index in [0.29, 0.717) is 6.54 Å². The second-order valence-corrected chi connectivity index (χ2v) is 11.9. The summed E-state index contributed by atoms with van der Waals surface area (Å²) in [6.45, 7) is 2.63. The molecule has 0 aromatic heterocycles. The number of sulfone groups is 2. The highest BCUT2D eigenvalue weighted by Gasteiger charge is 2.45. The average Bonchev–Trinajstić information content (AvgIpc) is 2.98. The fourth-order valence-corrected chi connectivity index (χ4v) is 8.67. The van der Waals surface area contributed by atoms with Gasteiger partial charge in [-0.25, -0.2) is 16.8 Å². The van der Waals surface area contributed by atoms with E-state index in [4.69, 9.17) is 0 Å². The predicted octanol–water partition coefficient (Wildman–Crippen LogP) is 2.67. The van der Waals surface area contributed by atoms with Gasteiger partial charge >= 0.3 is 0 Å². The van der Waals surface area contributed by atoms with E-state index in [1.807, 2.05) is 6.92 Å². The van der Waals surface area contributed by atoms with E-state index >= 15 is 0 Å². The van der Waals surface area contributed by atoms with Crippen molar-refractivity contribution in [2.24, 2.45) is 0 Å². The van der Waals surface area contributed by atoms with Crippen LogP contribution in [0, 0.1) is 0 Å². The van der Waals surface area contributed by atoms with Crippen molar-refractivity contribution >= 4 is 19.7 Å². The molecule has 3 rings (SSSR count). The summed E-state index contributed by atoms with van der Waals surface area (Å²) >= 11 is 0. The molecule has 27 heavy (non-hydrogen) atoms. The van der Waals surface area contributed by atoms with Crippen LogP contribution in [0.5, 0.6) is 0 Å². The lowest BCUT2D eigenvalue weighted by atomic mass is 9.97. The van der Waals surface area contributed by atoms with Crippen LogP contribution in [0.3, 0.4) is 0 Å². The third-order valence-electron chi connectivity index (χ3n) is 5.60. The molecule has 1 aliphatic carbocycles. The molecule has 2 unspecified atom stereocenters. The van der Waals surface area contributed by atoms with E-state index in [1.165, 1.54) is 18.4 Å². The zero-order chi connectivity index (χ0) is 19.5. The molecule has 1 aromatic rings. The molecule has 1 aliphatic heterocycles. The molecule has 2 aliphatic rings. The SMILES string of the molecule is CCc1ccc(S(=O)(=O)C2CS(=O)(=O)CC2NCCC2=CCCCC2)cc1. The van der Waals surface area contributed by atoms with E-state index in [1.54, 1.807) is 24.3 Å². The Morgan fingerprint density at radius 3 is 2.48 bits per heavy atom. The van der Waals surface area contributed by atoms with Gasteiger partial charge in [0.25, 0.3) is 0 Å². The number of hydrogen-bond donors (Lipinski definition) is 1.